The summed E-state index contributed by atoms with van der Waals surface area (Å²) in [6.07, 6.45) is 0.603. The van der Waals surface area contributed by atoms with Crippen molar-refractivity contribution in [2.24, 2.45) is 5.73 Å². The van der Waals surface area contributed by atoms with Crippen molar-refractivity contribution in [2.45, 2.75) is 26.2 Å². The highest BCUT2D eigenvalue weighted by atomic mass is 35.5. The molecule has 0 aliphatic heterocycles. The molecule has 0 fully saturated rings. The first-order valence-electron chi connectivity index (χ1n) is 5.35. The van der Waals surface area contributed by atoms with E-state index in [1.807, 2.05) is 19.9 Å². The van der Waals surface area contributed by atoms with Gasteiger partial charge in [-0.15, -0.1) is 0 Å². The molecule has 0 saturated heterocycles. The van der Waals surface area contributed by atoms with Crippen LogP contribution in [0.2, 0.25) is 10.0 Å². The van der Waals surface area contributed by atoms with Gasteiger partial charge in [-0.25, -0.2) is 0 Å². The molecular weight excluding hydrogens is 277 g/mol. The Balaban J connectivity index is 3.14. The van der Waals surface area contributed by atoms with Gasteiger partial charge in [0.05, 0.1) is 16.6 Å². The lowest BCUT2D eigenvalue weighted by atomic mass is 9.97. The quantitative estimate of drug-likeness (QED) is 0.827. The molecule has 1 aromatic carbocycles. The zero-order chi connectivity index (χ0) is 13.0. The van der Waals surface area contributed by atoms with Crippen molar-refractivity contribution in [2.75, 3.05) is 6.61 Å². The molecule has 1 aromatic rings. The molecule has 94 valence electrons. The summed E-state index contributed by atoms with van der Waals surface area (Å²) in [6.45, 7) is 4.48. The van der Waals surface area contributed by atoms with Gasteiger partial charge in [0.25, 0.3) is 0 Å². The lowest BCUT2D eigenvalue weighted by Crippen LogP contribution is -2.12. The van der Waals surface area contributed by atoms with Crippen molar-refractivity contribution in [3.63, 3.8) is 0 Å². The Morgan fingerprint density at radius 3 is 2.65 bits per heavy atom. The van der Waals surface area contributed by atoms with E-state index in [-0.39, 0.29) is 5.92 Å². The van der Waals surface area contributed by atoms with Crippen LogP contribution in [0, 0.1) is 0 Å². The van der Waals surface area contributed by atoms with Crippen molar-refractivity contribution in [1.29, 1.82) is 0 Å². The number of nitrogens with two attached hydrogens (primary N) is 1. The van der Waals surface area contributed by atoms with Crippen molar-refractivity contribution in [3.05, 3.63) is 27.7 Å². The normalized spacial score (nSPS) is 12.2. The molecule has 2 N–H and O–H groups in total. The number of ether oxygens (including phenoxy) is 1. The lowest BCUT2D eigenvalue weighted by molar-refractivity contribution is 0.335. The van der Waals surface area contributed by atoms with E-state index in [0.29, 0.717) is 33.8 Å². The standard InChI is InChI=1S/C12H15Cl2NOS/c1-3-16-12-9(7(2)4-11(15)17)5-8(13)6-10(12)14/h5-7H,3-4H2,1-2H3,(H2,15,17). The summed E-state index contributed by atoms with van der Waals surface area (Å²) >= 11 is 17.0. The summed E-state index contributed by atoms with van der Waals surface area (Å²) in [5, 5.41) is 1.10. The monoisotopic (exact) mass is 291 g/mol. The minimum absolute atomic E-state index is 0.130. The Morgan fingerprint density at radius 2 is 2.12 bits per heavy atom. The molecule has 1 rings (SSSR count). The average molecular weight is 292 g/mol. The molecule has 0 aromatic heterocycles. The first kappa shape index (κ1) is 14.6. The second-order valence-corrected chi connectivity index (χ2v) is 5.18. The number of hydrogen-bond donors (Lipinski definition) is 1. The Labute approximate surface area is 117 Å². The van der Waals surface area contributed by atoms with Crippen LogP contribution in [0.3, 0.4) is 0 Å². The van der Waals surface area contributed by atoms with Crippen LogP contribution in [0.1, 0.15) is 31.7 Å². The van der Waals surface area contributed by atoms with E-state index in [9.17, 15) is 0 Å². The predicted molar refractivity (Wildman–Crippen MR) is 77.4 cm³/mol. The molecular formula is C12H15Cl2NOS. The van der Waals surface area contributed by atoms with Gasteiger partial charge in [0.2, 0.25) is 0 Å². The third kappa shape index (κ3) is 4.02. The van der Waals surface area contributed by atoms with E-state index < -0.39 is 0 Å². The van der Waals surface area contributed by atoms with Gasteiger partial charge in [-0.3, -0.25) is 0 Å². The SMILES string of the molecule is CCOc1c(Cl)cc(Cl)cc1C(C)CC(N)=S. The number of benzene rings is 1. The summed E-state index contributed by atoms with van der Waals surface area (Å²) < 4.78 is 5.55. The molecule has 2 nitrogen and oxygen atoms in total. The molecule has 1 atom stereocenters. The fourth-order valence-corrected chi connectivity index (χ4v) is 2.47. The number of hydrogen-bond acceptors (Lipinski definition) is 2. The maximum absolute atomic E-state index is 6.12. The summed E-state index contributed by atoms with van der Waals surface area (Å²) in [5.41, 5.74) is 6.50. The van der Waals surface area contributed by atoms with E-state index in [2.05, 4.69) is 0 Å². The lowest BCUT2D eigenvalue weighted by Gasteiger charge is -2.17. The summed E-state index contributed by atoms with van der Waals surface area (Å²) in [7, 11) is 0. The second kappa shape index (κ2) is 6.43. The van der Waals surface area contributed by atoms with E-state index in [1.54, 1.807) is 6.07 Å². The molecule has 0 saturated carbocycles. The molecule has 0 heterocycles. The van der Waals surface area contributed by atoms with Gasteiger partial charge in [-0.2, -0.15) is 0 Å². The number of thiocarbonyl (C=S) groups is 1. The van der Waals surface area contributed by atoms with E-state index in [4.69, 9.17) is 45.9 Å². The van der Waals surface area contributed by atoms with Crippen LogP contribution in [-0.2, 0) is 0 Å². The highest BCUT2D eigenvalue weighted by Gasteiger charge is 2.16. The van der Waals surface area contributed by atoms with E-state index >= 15 is 0 Å². The number of rotatable bonds is 5. The molecule has 5 heteroatoms. The van der Waals surface area contributed by atoms with Gasteiger partial charge in [-0.1, -0.05) is 42.3 Å². The highest BCUT2D eigenvalue weighted by molar-refractivity contribution is 7.80. The maximum Gasteiger partial charge on any atom is 0.141 e. The van der Waals surface area contributed by atoms with Crippen LogP contribution in [0.4, 0.5) is 0 Å². The molecule has 0 radical (unpaired) electrons. The zero-order valence-corrected chi connectivity index (χ0v) is 12.1. The van der Waals surface area contributed by atoms with Gasteiger partial charge in [0.1, 0.15) is 5.75 Å². The third-order valence-corrected chi connectivity index (χ3v) is 3.03. The molecule has 0 aliphatic carbocycles. The Morgan fingerprint density at radius 1 is 1.47 bits per heavy atom. The maximum atomic E-state index is 6.12. The van der Waals surface area contributed by atoms with Crippen LogP contribution in [0.25, 0.3) is 0 Å². The Bertz CT molecular complexity index is 423. The van der Waals surface area contributed by atoms with Crippen LogP contribution in [0.15, 0.2) is 12.1 Å². The molecule has 0 bridgehead atoms. The zero-order valence-electron chi connectivity index (χ0n) is 9.80. The van der Waals surface area contributed by atoms with E-state index in [1.165, 1.54) is 0 Å². The van der Waals surface area contributed by atoms with E-state index in [0.717, 1.165) is 5.56 Å². The smallest absolute Gasteiger partial charge is 0.141 e. The van der Waals surface area contributed by atoms with Crippen LogP contribution in [0.5, 0.6) is 5.75 Å². The predicted octanol–water partition coefficient (Wildman–Crippen LogP) is 4.17. The van der Waals surface area contributed by atoms with Crippen molar-refractivity contribution in [1.82, 2.24) is 0 Å². The summed E-state index contributed by atoms with van der Waals surface area (Å²) in [5.74, 6) is 0.799. The first-order valence-corrected chi connectivity index (χ1v) is 6.52. The van der Waals surface area contributed by atoms with Crippen molar-refractivity contribution < 1.29 is 4.74 Å². The molecule has 17 heavy (non-hydrogen) atoms. The van der Waals surface area contributed by atoms with Crippen LogP contribution >= 0.6 is 35.4 Å². The second-order valence-electron chi connectivity index (χ2n) is 3.81. The minimum atomic E-state index is 0.130. The Kier molecular flexibility index (Phi) is 5.50. The van der Waals surface area contributed by atoms with Gasteiger partial charge in [0, 0.05) is 17.0 Å². The molecule has 0 amide bonds. The highest BCUT2D eigenvalue weighted by Crippen LogP contribution is 2.37. The molecule has 1 unspecified atom stereocenters. The first-order chi connectivity index (χ1) is 7.95. The summed E-state index contributed by atoms with van der Waals surface area (Å²) in [6, 6.07) is 3.52. The molecule has 0 spiro atoms. The largest absolute Gasteiger partial charge is 0.492 e. The fourth-order valence-electron chi connectivity index (χ4n) is 1.65. The van der Waals surface area contributed by atoms with Crippen molar-refractivity contribution >= 4 is 40.4 Å². The van der Waals surface area contributed by atoms with Crippen LogP contribution in [-0.4, -0.2) is 11.6 Å². The van der Waals surface area contributed by atoms with Crippen LogP contribution < -0.4 is 10.5 Å². The van der Waals surface area contributed by atoms with Gasteiger partial charge >= 0.3 is 0 Å². The van der Waals surface area contributed by atoms with Gasteiger partial charge < -0.3 is 10.5 Å². The van der Waals surface area contributed by atoms with Gasteiger partial charge in [-0.05, 0) is 25.0 Å². The third-order valence-electron chi connectivity index (χ3n) is 2.36. The van der Waals surface area contributed by atoms with Gasteiger partial charge in [0.15, 0.2) is 0 Å². The topological polar surface area (TPSA) is 35.2 Å². The Hall–Kier alpha value is -0.510. The fraction of sp³-hybridized carbons (Fsp3) is 0.417. The van der Waals surface area contributed by atoms with Crippen molar-refractivity contribution in [3.8, 4) is 5.75 Å². The summed E-state index contributed by atoms with van der Waals surface area (Å²) in [4.78, 5) is 0.469. The average Bonchev–Trinajstić information content (AvgIpc) is 2.20. The molecule has 0 aliphatic rings. The number of halogens is 2. The minimum Gasteiger partial charge on any atom is -0.492 e.